The Hall–Kier alpha value is -2.95. The molecule has 1 amide bonds. The Morgan fingerprint density at radius 2 is 1.84 bits per heavy atom. The van der Waals surface area contributed by atoms with Gasteiger partial charge in [-0.1, -0.05) is 42.5 Å². The Morgan fingerprint density at radius 1 is 1.12 bits per heavy atom. The summed E-state index contributed by atoms with van der Waals surface area (Å²) in [6.45, 7) is 2.09. The van der Waals surface area contributed by atoms with E-state index in [4.69, 9.17) is 0 Å². The van der Waals surface area contributed by atoms with E-state index in [2.05, 4.69) is 22.5 Å². The highest BCUT2D eigenvalue weighted by Crippen LogP contribution is 2.08. The van der Waals surface area contributed by atoms with Crippen LogP contribution in [0.15, 0.2) is 65.6 Å². The first-order valence-corrected chi connectivity index (χ1v) is 8.41. The van der Waals surface area contributed by atoms with Crippen LogP contribution >= 0.6 is 0 Å². The lowest BCUT2D eigenvalue weighted by atomic mass is 10.1. The van der Waals surface area contributed by atoms with E-state index in [1.54, 1.807) is 22.9 Å². The average molecular weight is 335 g/mol. The van der Waals surface area contributed by atoms with Gasteiger partial charge in [-0.25, -0.2) is 0 Å². The van der Waals surface area contributed by atoms with Crippen LogP contribution < -0.4 is 10.7 Å². The van der Waals surface area contributed by atoms with Crippen LogP contribution in [-0.2, 0) is 17.8 Å². The molecular formula is C20H21N3O2. The number of benzene rings is 2. The van der Waals surface area contributed by atoms with Crippen LogP contribution in [0.5, 0.6) is 0 Å². The number of rotatable bonds is 6. The van der Waals surface area contributed by atoms with Crippen LogP contribution in [0, 0.1) is 0 Å². The maximum Gasteiger partial charge on any atom is 0.241 e. The zero-order valence-corrected chi connectivity index (χ0v) is 14.2. The lowest BCUT2D eigenvalue weighted by Gasteiger charge is -2.15. The minimum absolute atomic E-state index is 0.0679. The van der Waals surface area contributed by atoms with E-state index in [1.807, 2.05) is 31.2 Å². The molecule has 3 aromatic rings. The number of carbonyl (C=O) groups is 1. The summed E-state index contributed by atoms with van der Waals surface area (Å²) < 4.78 is 1.57. The van der Waals surface area contributed by atoms with Crippen molar-refractivity contribution in [3.8, 4) is 0 Å². The predicted octanol–water partition coefficient (Wildman–Crippen LogP) is 2.53. The molecule has 0 aliphatic heterocycles. The number of amides is 1. The number of aromatic nitrogens is 2. The number of hydrogen-bond acceptors (Lipinski definition) is 3. The minimum Gasteiger partial charge on any atom is -0.352 e. The number of fused-ring (bicyclic) bond motifs is 1. The second kappa shape index (κ2) is 7.75. The van der Waals surface area contributed by atoms with Crippen LogP contribution in [0.1, 0.15) is 18.9 Å². The maximum atomic E-state index is 12.3. The molecule has 3 rings (SSSR count). The minimum atomic E-state index is -0.136. The van der Waals surface area contributed by atoms with Gasteiger partial charge in [-0.2, -0.15) is 5.10 Å². The highest BCUT2D eigenvalue weighted by Gasteiger charge is 2.11. The fourth-order valence-electron chi connectivity index (χ4n) is 2.84. The van der Waals surface area contributed by atoms with Crippen LogP contribution in [0.4, 0.5) is 0 Å². The molecule has 0 radical (unpaired) electrons. The molecule has 0 fully saturated rings. The van der Waals surface area contributed by atoms with Gasteiger partial charge in [0.15, 0.2) is 0 Å². The smallest absolute Gasteiger partial charge is 0.241 e. The average Bonchev–Trinajstić information content (AvgIpc) is 2.63. The Morgan fingerprint density at radius 3 is 2.64 bits per heavy atom. The number of aryl methyl sites for hydroxylation is 1. The molecule has 1 N–H and O–H groups in total. The molecule has 0 saturated heterocycles. The topological polar surface area (TPSA) is 64.0 Å². The molecule has 1 atom stereocenters. The van der Waals surface area contributed by atoms with Gasteiger partial charge >= 0.3 is 0 Å². The number of nitrogens with one attached hydrogen (secondary N) is 1. The molecule has 5 nitrogen and oxygen atoms in total. The molecule has 0 aliphatic rings. The standard InChI is InChI=1S/C20H21N3O2/c1-15(11-12-16-7-3-2-4-8-16)22-20(25)14-23-18-10-6-5-9-17(18)19(24)13-21-23/h2-10,13,15H,11-12,14H2,1H3,(H,22,25). The first-order valence-electron chi connectivity index (χ1n) is 8.41. The maximum absolute atomic E-state index is 12.3. The SMILES string of the molecule is CC(CCc1ccccc1)NC(=O)Cn1ncc(=O)c2ccccc21. The summed E-state index contributed by atoms with van der Waals surface area (Å²) in [5.74, 6) is -0.109. The zero-order valence-electron chi connectivity index (χ0n) is 14.2. The first kappa shape index (κ1) is 16.9. The number of hydrogen-bond donors (Lipinski definition) is 1. The summed E-state index contributed by atoms with van der Waals surface area (Å²) in [7, 11) is 0. The lowest BCUT2D eigenvalue weighted by molar-refractivity contribution is -0.122. The van der Waals surface area contributed by atoms with Crippen molar-refractivity contribution in [1.82, 2.24) is 15.1 Å². The van der Waals surface area contributed by atoms with Gasteiger partial charge in [0.1, 0.15) is 6.54 Å². The largest absolute Gasteiger partial charge is 0.352 e. The van der Waals surface area contributed by atoms with Crippen LogP contribution in [0.25, 0.3) is 10.9 Å². The molecular weight excluding hydrogens is 314 g/mol. The van der Waals surface area contributed by atoms with Gasteiger partial charge in [0.2, 0.25) is 11.3 Å². The van der Waals surface area contributed by atoms with Crippen LogP contribution in [0.3, 0.4) is 0 Å². The summed E-state index contributed by atoms with van der Waals surface area (Å²) in [6.07, 6.45) is 3.05. The van der Waals surface area contributed by atoms with Crippen molar-refractivity contribution >= 4 is 16.8 Å². The third kappa shape index (κ3) is 4.32. The Balaban J connectivity index is 1.61. The van der Waals surface area contributed by atoms with Crippen LogP contribution in [-0.4, -0.2) is 21.7 Å². The molecule has 128 valence electrons. The van der Waals surface area contributed by atoms with Crippen molar-refractivity contribution in [1.29, 1.82) is 0 Å². The molecule has 0 aliphatic carbocycles. The molecule has 0 spiro atoms. The van der Waals surface area contributed by atoms with E-state index < -0.39 is 0 Å². The zero-order chi connectivity index (χ0) is 17.6. The van der Waals surface area contributed by atoms with Gasteiger partial charge in [0.25, 0.3) is 0 Å². The van der Waals surface area contributed by atoms with E-state index in [9.17, 15) is 9.59 Å². The summed E-state index contributed by atoms with van der Waals surface area (Å²) in [5, 5.41) is 7.66. The normalized spacial score (nSPS) is 12.0. The Labute approximate surface area is 146 Å². The summed E-state index contributed by atoms with van der Waals surface area (Å²) >= 11 is 0. The molecule has 1 unspecified atom stereocenters. The van der Waals surface area contributed by atoms with Crippen molar-refractivity contribution in [3.63, 3.8) is 0 Å². The fourth-order valence-corrected chi connectivity index (χ4v) is 2.84. The number of carbonyl (C=O) groups excluding carboxylic acids is 1. The van der Waals surface area contributed by atoms with Gasteiger partial charge in [-0.15, -0.1) is 0 Å². The van der Waals surface area contributed by atoms with Crippen LogP contribution in [0.2, 0.25) is 0 Å². The highest BCUT2D eigenvalue weighted by molar-refractivity contribution is 5.81. The third-order valence-corrected chi connectivity index (χ3v) is 4.17. The van der Waals surface area contributed by atoms with Gasteiger partial charge in [-0.05, 0) is 37.5 Å². The number of nitrogens with zero attached hydrogens (tertiary/aromatic N) is 2. The summed E-state index contributed by atoms with van der Waals surface area (Å²) in [5.41, 5.74) is 1.79. The quantitative estimate of drug-likeness (QED) is 0.753. The third-order valence-electron chi connectivity index (χ3n) is 4.17. The molecule has 1 aromatic heterocycles. The second-order valence-corrected chi connectivity index (χ2v) is 6.18. The Kier molecular flexibility index (Phi) is 5.23. The monoisotopic (exact) mass is 335 g/mol. The van der Waals surface area contributed by atoms with Gasteiger partial charge in [0.05, 0.1) is 11.7 Å². The summed E-state index contributed by atoms with van der Waals surface area (Å²) in [4.78, 5) is 24.2. The van der Waals surface area contributed by atoms with Crippen molar-refractivity contribution in [2.24, 2.45) is 0 Å². The van der Waals surface area contributed by atoms with E-state index in [0.717, 1.165) is 12.8 Å². The van der Waals surface area contributed by atoms with Crippen molar-refractivity contribution in [2.45, 2.75) is 32.4 Å². The van der Waals surface area contributed by atoms with Gasteiger partial charge < -0.3 is 5.32 Å². The molecule has 1 heterocycles. The lowest BCUT2D eigenvalue weighted by Crippen LogP contribution is -2.36. The van der Waals surface area contributed by atoms with E-state index in [1.165, 1.54) is 11.8 Å². The molecule has 25 heavy (non-hydrogen) atoms. The highest BCUT2D eigenvalue weighted by atomic mass is 16.2. The predicted molar refractivity (Wildman–Crippen MR) is 98.4 cm³/mol. The van der Waals surface area contributed by atoms with Crippen molar-refractivity contribution < 1.29 is 4.79 Å². The van der Waals surface area contributed by atoms with Crippen molar-refractivity contribution in [2.75, 3.05) is 0 Å². The molecule has 0 bridgehead atoms. The molecule has 5 heteroatoms. The molecule has 0 saturated carbocycles. The van der Waals surface area contributed by atoms with E-state index in [-0.39, 0.29) is 23.9 Å². The fraction of sp³-hybridized carbons (Fsp3) is 0.250. The molecule has 2 aromatic carbocycles. The number of para-hydroxylation sites is 1. The first-order chi connectivity index (χ1) is 12.1. The Bertz CT molecular complexity index is 919. The summed E-state index contributed by atoms with van der Waals surface area (Å²) in [6, 6.07) is 17.5. The van der Waals surface area contributed by atoms with Crippen molar-refractivity contribution in [3.05, 3.63) is 76.6 Å². The second-order valence-electron chi connectivity index (χ2n) is 6.18. The van der Waals surface area contributed by atoms with Gasteiger partial charge in [0, 0.05) is 11.4 Å². The van der Waals surface area contributed by atoms with E-state index in [0.29, 0.717) is 10.9 Å². The van der Waals surface area contributed by atoms with Gasteiger partial charge in [-0.3, -0.25) is 14.3 Å². The van der Waals surface area contributed by atoms with E-state index >= 15 is 0 Å².